The van der Waals surface area contributed by atoms with E-state index in [9.17, 15) is 19.2 Å². The summed E-state index contributed by atoms with van der Waals surface area (Å²) in [6, 6.07) is 11.0. The van der Waals surface area contributed by atoms with Crippen LogP contribution < -0.4 is 9.47 Å². The molecule has 0 atom stereocenters. The number of carbonyl (C=O) groups is 4. The van der Waals surface area contributed by atoms with Crippen molar-refractivity contribution in [1.29, 1.82) is 0 Å². The van der Waals surface area contributed by atoms with Crippen molar-refractivity contribution in [1.82, 2.24) is 0 Å². The second-order valence-electron chi connectivity index (χ2n) is 6.10. The predicted octanol–water partition coefficient (Wildman–Crippen LogP) is 2.03. The van der Waals surface area contributed by atoms with Crippen LogP contribution in [0.1, 0.15) is 12.8 Å². The quantitative estimate of drug-likeness (QED) is 0.317. The van der Waals surface area contributed by atoms with E-state index in [2.05, 4.69) is 0 Å². The van der Waals surface area contributed by atoms with Crippen LogP contribution in [0.3, 0.4) is 0 Å². The van der Waals surface area contributed by atoms with E-state index in [1.807, 2.05) is 0 Å². The molecule has 0 aromatic heterocycles. The molecule has 10 nitrogen and oxygen atoms in total. The third kappa shape index (κ3) is 9.44. The Morgan fingerprint density at radius 3 is 1.31 bits per heavy atom. The van der Waals surface area contributed by atoms with E-state index < -0.39 is 23.9 Å². The van der Waals surface area contributed by atoms with E-state index in [0.717, 1.165) is 12.2 Å². The molecule has 0 spiro atoms. The van der Waals surface area contributed by atoms with Crippen molar-refractivity contribution >= 4 is 23.9 Å². The van der Waals surface area contributed by atoms with E-state index in [1.54, 1.807) is 0 Å². The van der Waals surface area contributed by atoms with Gasteiger partial charge in [-0.2, -0.15) is 0 Å². The standard InChI is InChI=1S/C22H20O10/c23-15-1-5-17(6-2-15)31-21(27)11-13-29-19(25)9-10-20(26)30-14-12-22(28)32-18-7-3-16(24)4-8-18/h1-10,23-24H,11-14H2/b10-9+. The molecule has 0 aliphatic heterocycles. The fraction of sp³-hybridized carbons (Fsp3) is 0.182. The van der Waals surface area contributed by atoms with Gasteiger partial charge in [0, 0.05) is 12.2 Å². The van der Waals surface area contributed by atoms with Gasteiger partial charge >= 0.3 is 23.9 Å². The zero-order valence-corrected chi connectivity index (χ0v) is 16.8. The smallest absolute Gasteiger partial charge is 0.331 e. The normalized spacial score (nSPS) is 10.4. The fourth-order valence-electron chi connectivity index (χ4n) is 2.10. The number of benzene rings is 2. The van der Waals surface area contributed by atoms with E-state index in [0.29, 0.717) is 0 Å². The molecule has 0 heterocycles. The average Bonchev–Trinajstić information content (AvgIpc) is 2.75. The van der Waals surface area contributed by atoms with Gasteiger partial charge in [-0.3, -0.25) is 9.59 Å². The molecule has 168 valence electrons. The fourth-order valence-corrected chi connectivity index (χ4v) is 2.10. The number of hydrogen-bond donors (Lipinski definition) is 2. The lowest BCUT2D eigenvalue weighted by Crippen LogP contribution is -2.14. The Bertz CT molecular complexity index is 882. The summed E-state index contributed by atoms with van der Waals surface area (Å²) < 4.78 is 19.5. The van der Waals surface area contributed by atoms with Gasteiger partial charge in [-0.1, -0.05) is 0 Å². The molecule has 2 aromatic carbocycles. The lowest BCUT2D eigenvalue weighted by atomic mass is 10.3. The number of ether oxygens (including phenoxy) is 4. The Morgan fingerprint density at radius 2 is 0.969 bits per heavy atom. The van der Waals surface area contributed by atoms with Crippen LogP contribution in [0, 0.1) is 0 Å². The van der Waals surface area contributed by atoms with Crippen molar-refractivity contribution in [3.63, 3.8) is 0 Å². The molecule has 2 N–H and O–H groups in total. The van der Waals surface area contributed by atoms with Crippen molar-refractivity contribution in [3.05, 3.63) is 60.7 Å². The summed E-state index contributed by atoms with van der Waals surface area (Å²) in [5.41, 5.74) is 0. The van der Waals surface area contributed by atoms with E-state index in [-0.39, 0.29) is 49.1 Å². The maximum Gasteiger partial charge on any atom is 0.331 e. The molecule has 0 saturated heterocycles. The van der Waals surface area contributed by atoms with Gasteiger partial charge in [0.05, 0.1) is 12.8 Å². The predicted molar refractivity (Wildman–Crippen MR) is 108 cm³/mol. The first-order valence-corrected chi connectivity index (χ1v) is 9.33. The van der Waals surface area contributed by atoms with Gasteiger partial charge in [-0.05, 0) is 48.5 Å². The van der Waals surface area contributed by atoms with Crippen LogP contribution in [-0.2, 0) is 28.7 Å². The number of phenolic OH excluding ortho intramolecular Hbond substituents is 2. The zero-order valence-electron chi connectivity index (χ0n) is 16.8. The first kappa shape index (κ1) is 23.9. The number of aromatic hydroxyl groups is 2. The van der Waals surface area contributed by atoms with Crippen LogP contribution in [0.25, 0.3) is 0 Å². The largest absolute Gasteiger partial charge is 0.508 e. The van der Waals surface area contributed by atoms with Gasteiger partial charge in [0.25, 0.3) is 0 Å². The molecule has 0 fully saturated rings. The zero-order chi connectivity index (χ0) is 23.3. The Labute approximate surface area is 182 Å². The first-order valence-electron chi connectivity index (χ1n) is 9.33. The molecule has 32 heavy (non-hydrogen) atoms. The molecule has 0 aliphatic carbocycles. The van der Waals surface area contributed by atoms with Crippen molar-refractivity contribution in [2.24, 2.45) is 0 Å². The second-order valence-corrected chi connectivity index (χ2v) is 6.10. The van der Waals surface area contributed by atoms with Gasteiger partial charge < -0.3 is 29.2 Å². The number of rotatable bonds is 10. The van der Waals surface area contributed by atoms with Crippen molar-refractivity contribution in [3.8, 4) is 23.0 Å². The van der Waals surface area contributed by atoms with Gasteiger partial charge in [0.1, 0.15) is 36.2 Å². The van der Waals surface area contributed by atoms with Crippen LogP contribution >= 0.6 is 0 Å². The lowest BCUT2D eigenvalue weighted by Gasteiger charge is -2.05. The highest BCUT2D eigenvalue weighted by Gasteiger charge is 2.09. The summed E-state index contributed by atoms with van der Waals surface area (Å²) in [6.07, 6.45) is 1.22. The molecule has 0 bridgehead atoms. The first-order chi connectivity index (χ1) is 15.3. The minimum absolute atomic E-state index is 0.0260. The van der Waals surface area contributed by atoms with Crippen LogP contribution in [0.4, 0.5) is 0 Å². The Hall–Kier alpha value is -4.34. The maximum absolute atomic E-state index is 11.6. The molecule has 0 aliphatic rings. The van der Waals surface area contributed by atoms with Crippen LogP contribution in [-0.4, -0.2) is 47.3 Å². The molecule has 0 unspecified atom stereocenters. The van der Waals surface area contributed by atoms with Crippen LogP contribution in [0.5, 0.6) is 23.0 Å². The molecule has 0 radical (unpaired) electrons. The number of esters is 4. The summed E-state index contributed by atoms with van der Waals surface area (Å²) in [4.78, 5) is 46.4. The van der Waals surface area contributed by atoms with Gasteiger partial charge in [-0.15, -0.1) is 0 Å². The third-order valence-electron chi connectivity index (χ3n) is 3.59. The van der Waals surface area contributed by atoms with E-state index in [4.69, 9.17) is 29.2 Å². The summed E-state index contributed by atoms with van der Waals surface area (Å²) in [5.74, 6) is -2.52. The SMILES string of the molecule is O=C(/C=C/C(=O)OCCC(=O)Oc1ccc(O)cc1)OCCC(=O)Oc1ccc(O)cc1. The van der Waals surface area contributed by atoms with Gasteiger partial charge in [0.2, 0.25) is 0 Å². The maximum atomic E-state index is 11.6. The minimum Gasteiger partial charge on any atom is -0.508 e. The molecule has 2 rings (SSSR count). The summed E-state index contributed by atoms with van der Waals surface area (Å²) in [6.45, 7) is -0.531. The van der Waals surface area contributed by atoms with Gasteiger partial charge in [0.15, 0.2) is 0 Å². The monoisotopic (exact) mass is 444 g/mol. The summed E-state index contributed by atoms with van der Waals surface area (Å²) in [5, 5.41) is 18.3. The molecule has 2 aromatic rings. The average molecular weight is 444 g/mol. The topological polar surface area (TPSA) is 146 Å². The lowest BCUT2D eigenvalue weighted by molar-refractivity contribution is -0.144. The summed E-state index contributed by atoms with van der Waals surface area (Å²) in [7, 11) is 0. The van der Waals surface area contributed by atoms with Crippen molar-refractivity contribution in [2.45, 2.75) is 12.8 Å². The van der Waals surface area contributed by atoms with Crippen molar-refractivity contribution < 1.29 is 48.3 Å². The van der Waals surface area contributed by atoms with Gasteiger partial charge in [-0.25, -0.2) is 9.59 Å². The third-order valence-corrected chi connectivity index (χ3v) is 3.59. The minimum atomic E-state index is -0.869. The Morgan fingerprint density at radius 1 is 0.625 bits per heavy atom. The Balaban J connectivity index is 1.58. The highest BCUT2D eigenvalue weighted by Crippen LogP contribution is 2.17. The van der Waals surface area contributed by atoms with Crippen molar-refractivity contribution in [2.75, 3.05) is 13.2 Å². The summed E-state index contributed by atoms with van der Waals surface area (Å²) >= 11 is 0. The van der Waals surface area contributed by atoms with E-state index in [1.165, 1.54) is 48.5 Å². The van der Waals surface area contributed by atoms with Crippen LogP contribution in [0.15, 0.2) is 60.7 Å². The number of hydrogen-bond acceptors (Lipinski definition) is 10. The second kappa shape index (κ2) is 12.4. The molecule has 0 saturated carbocycles. The highest BCUT2D eigenvalue weighted by atomic mass is 16.6. The number of carbonyl (C=O) groups excluding carboxylic acids is 4. The van der Waals surface area contributed by atoms with E-state index >= 15 is 0 Å². The molecular formula is C22H20O10. The molecular weight excluding hydrogens is 424 g/mol. The molecule has 10 heteroatoms. The molecule has 0 amide bonds. The Kier molecular flexibility index (Phi) is 9.26. The number of phenols is 2. The highest BCUT2D eigenvalue weighted by molar-refractivity contribution is 5.91. The van der Waals surface area contributed by atoms with Crippen LogP contribution in [0.2, 0.25) is 0 Å².